The van der Waals surface area contributed by atoms with Gasteiger partial charge in [0.1, 0.15) is 0 Å². The SMILES string of the molecule is COC1CN(C2CCN(C(=O)c3cccnc3C)CC2)C12CCOCC2. The van der Waals surface area contributed by atoms with Gasteiger partial charge in [-0.2, -0.15) is 0 Å². The van der Waals surface area contributed by atoms with Gasteiger partial charge in [-0.25, -0.2) is 0 Å². The first-order valence-corrected chi connectivity index (χ1v) is 9.74. The summed E-state index contributed by atoms with van der Waals surface area (Å²) in [7, 11) is 1.83. The van der Waals surface area contributed by atoms with Gasteiger partial charge in [-0.1, -0.05) is 0 Å². The molecule has 142 valence electrons. The number of aromatic nitrogens is 1. The first-order chi connectivity index (χ1) is 12.7. The van der Waals surface area contributed by atoms with Crippen molar-refractivity contribution in [2.75, 3.05) is 40.0 Å². The summed E-state index contributed by atoms with van der Waals surface area (Å²) < 4.78 is 11.4. The van der Waals surface area contributed by atoms with Crippen molar-refractivity contribution >= 4 is 5.91 Å². The summed E-state index contributed by atoms with van der Waals surface area (Å²) >= 11 is 0. The number of hydrogen-bond donors (Lipinski definition) is 0. The molecule has 0 aliphatic carbocycles. The van der Waals surface area contributed by atoms with E-state index in [1.165, 1.54) is 0 Å². The zero-order chi connectivity index (χ0) is 18.1. The van der Waals surface area contributed by atoms with Crippen LogP contribution in [-0.4, -0.2) is 78.3 Å². The molecule has 3 saturated heterocycles. The number of nitrogens with zero attached hydrogens (tertiary/aromatic N) is 3. The van der Waals surface area contributed by atoms with E-state index >= 15 is 0 Å². The molecule has 3 aliphatic rings. The van der Waals surface area contributed by atoms with E-state index in [1.807, 2.05) is 31.1 Å². The number of aryl methyl sites for hydroxylation is 1. The van der Waals surface area contributed by atoms with Crippen LogP contribution in [0, 0.1) is 6.92 Å². The predicted molar refractivity (Wildman–Crippen MR) is 98.2 cm³/mol. The lowest BCUT2D eigenvalue weighted by molar-refractivity contribution is -0.207. The number of rotatable bonds is 3. The predicted octanol–water partition coefficient (Wildman–Crippen LogP) is 1.87. The van der Waals surface area contributed by atoms with Gasteiger partial charge in [-0.05, 0) is 44.7 Å². The fraction of sp³-hybridized carbons (Fsp3) is 0.700. The van der Waals surface area contributed by atoms with Crippen molar-refractivity contribution in [3.8, 4) is 0 Å². The summed E-state index contributed by atoms with van der Waals surface area (Å²) in [5.41, 5.74) is 1.70. The highest BCUT2D eigenvalue weighted by Crippen LogP contribution is 2.44. The van der Waals surface area contributed by atoms with Crippen LogP contribution in [0.4, 0.5) is 0 Å². The van der Waals surface area contributed by atoms with Gasteiger partial charge in [0.05, 0.1) is 17.2 Å². The Kier molecular flexibility index (Phi) is 4.99. The maximum atomic E-state index is 12.8. The third kappa shape index (κ3) is 2.94. The van der Waals surface area contributed by atoms with Gasteiger partial charge in [0.25, 0.3) is 5.91 Å². The van der Waals surface area contributed by atoms with Crippen LogP contribution in [0.1, 0.15) is 41.7 Å². The largest absolute Gasteiger partial charge is 0.381 e. The highest BCUT2D eigenvalue weighted by molar-refractivity contribution is 5.95. The molecular weight excluding hydrogens is 330 g/mol. The standard InChI is InChI=1S/C20H29N3O3/c1-15-17(4-3-9-21-15)19(24)22-10-5-16(6-11-22)23-14-18(25-2)20(23)7-12-26-13-8-20/h3-4,9,16,18H,5-8,10-14H2,1-2H3. The molecule has 6 heteroatoms. The van der Waals surface area contributed by atoms with Crippen molar-refractivity contribution < 1.29 is 14.3 Å². The van der Waals surface area contributed by atoms with E-state index in [-0.39, 0.29) is 11.4 Å². The first kappa shape index (κ1) is 17.9. The molecule has 1 aromatic heterocycles. The topological polar surface area (TPSA) is 54.9 Å². The second-order valence-electron chi connectivity index (χ2n) is 7.75. The average Bonchev–Trinajstić information content (AvgIpc) is 2.68. The van der Waals surface area contributed by atoms with Crippen molar-refractivity contribution in [3.05, 3.63) is 29.6 Å². The molecule has 6 nitrogen and oxygen atoms in total. The van der Waals surface area contributed by atoms with Crippen molar-refractivity contribution in [3.63, 3.8) is 0 Å². The Hall–Kier alpha value is -1.50. The molecule has 0 bridgehead atoms. The van der Waals surface area contributed by atoms with Crippen LogP contribution in [0.5, 0.6) is 0 Å². The molecule has 3 fully saturated rings. The Balaban J connectivity index is 1.39. The molecule has 1 atom stereocenters. The van der Waals surface area contributed by atoms with E-state index in [1.54, 1.807) is 6.20 Å². The van der Waals surface area contributed by atoms with Crippen LogP contribution < -0.4 is 0 Å². The van der Waals surface area contributed by atoms with Gasteiger partial charge in [0.15, 0.2) is 0 Å². The van der Waals surface area contributed by atoms with E-state index in [4.69, 9.17) is 9.47 Å². The normalized spacial score (nSPS) is 26.7. The fourth-order valence-electron chi connectivity index (χ4n) is 5.00. The number of carbonyl (C=O) groups excluding carboxylic acids is 1. The molecule has 4 rings (SSSR count). The van der Waals surface area contributed by atoms with Crippen molar-refractivity contribution in [1.29, 1.82) is 0 Å². The van der Waals surface area contributed by atoms with Crippen LogP contribution in [-0.2, 0) is 9.47 Å². The lowest BCUT2D eigenvalue weighted by Crippen LogP contribution is -2.75. The number of pyridine rings is 1. The molecular formula is C20H29N3O3. The summed E-state index contributed by atoms with van der Waals surface area (Å²) in [6.45, 7) is 6.20. The Morgan fingerprint density at radius 2 is 2.04 bits per heavy atom. The minimum absolute atomic E-state index is 0.119. The number of amides is 1. The Labute approximate surface area is 155 Å². The molecule has 26 heavy (non-hydrogen) atoms. The van der Waals surface area contributed by atoms with Gasteiger partial charge in [0, 0.05) is 57.9 Å². The Bertz CT molecular complexity index is 651. The number of methoxy groups -OCH3 is 1. The second kappa shape index (κ2) is 7.25. The smallest absolute Gasteiger partial charge is 0.255 e. The molecule has 0 N–H and O–H groups in total. The van der Waals surface area contributed by atoms with E-state index < -0.39 is 0 Å². The molecule has 1 aromatic rings. The minimum atomic E-state index is 0.119. The first-order valence-electron chi connectivity index (χ1n) is 9.74. The van der Waals surface area contributed by atoms with Crippen LogP contribution in [0.25, 0.3) is 0 Å². The summed E-state index contributed by atoms with van der Waals surface area (Å²) in [5, 5.41) is 0. The molecule has 4 heterocycles. The second-order valence-corrected chi connectivity index (χ2v) is 7.75. The maximum absolute atomic E-state index is 12.8. The molecule has 0 radical (unpaired) electrons. The number of carbonyl (C=O) groups is 1. The number of likely N-dealkylation sites (tertiary alicyclic amines) is 2. The quantitative estimate of drug-likeness (QED) is 0.825. The van der Waals surface area contributed by atoms with Crippen molar-refractivity contribution in [2.24, 2.45) is 0 Å². The van der Waals surface area contributed by atoms with Crippen molar-refractivity contribution in [2.45, 2.75) is 50.3 Å². The zero-order valence-electron chi connectivity index (χ0n) is 15.8. The van der Waals surface area contributed by atoms with E-state index in [0.29, 0.717) is 12.1 Å². The summed E-state index contributed by atoms with van der Waals surface area (Å²) in [6, 6.07) is 4.26. The monoisotopic (exact) mass is 359 g/mol. The van der Waals surface area contributed by atoms with Gasteiger partial charge >= 0.3 is 0 Å². The molecule has 0 aromatic carbocycles. The lowest BCUT2D eigenvalue weighted by Gasteiger charge is -2.63. The van der Waals surface area contributed by atoms with Crippen LogP contribution >= 0.6 is 0 Å². The van der Waals surface area contributed by atoms with Gasteiger partial charge in [0.2, 0.25) is 0 Å². The Morgan fingerprint density at radius 1 is 1.31 bits per heavy atom. The average molecular weight is 359 g/mol. The summed E-state index contributed by atoms with van der Waals surface area (Å²) in [6.07, 6.45) is 6.23. The summed E-state index contributed by atoms with van der Waals surface area (Å²) in [5.74, 6) is 0.119. The summed E-state index contributed by atoms with van der Waals surface area (Å²) in [4.78, 5) is 21.7. The molecule has 1 amide bonds. The lowest BCUT2D eigenvalue weighted by atomic mass is 9.73. The molecule has 1 spiro atoms. The molecule has 1 unspecified atom stereocenters. The van der Waals surface area contributed by atoms with E-state index in [0.717, 1.165) is 69.8 Å². The highest BCUT2D eigenvalue weighted by atomic mass is 16.5. The van der Waals surface area contributed by atoms with Gasteiger partial charge < -0.3 is 14.4 Å². The number of piperidine rings is 1. The third-order valence-electron chi connectivity index (χ3n) is 6.61. The minimum Gasteiger partial charge on any atom is -0.381 e. The van der Waals surface area contributed by atoms with Crippen LogP contribution in [0.15, 0.2) is 18.3 Å². The highest BCUT2D eigenvalue weighted by Gasteiger charge is 2.56. The zero-order valence-corrected chi connectivity index (χ0v) is 15.8. The number of hydrogen-bond acceptors (Lipinski definition) is 5. The maximum Gasteiger partial charge on any atom is 0.255 e. The third-order valence-corrected chi connectivity index (χ3v) is 6.61. The molecule has 3 aliphatic heterocycles. The Morgan fingerprint density at radius 3 is 2.69 bits per heavy atom. The molecule has 0 saturated carbocycles. The van der Waals surface area contributed by atoms with Crippen LogP contribution in [0.2, 0.25) is 0 Å². The van der Waals surface area contributed by atoms with Gasteiger partial charge in [-0.3, -0.25) is 14.7 Å². The van der Waals surface area contributed by atoms with E-state index in [9.17, 15) is 4.79 Å². The van der Waals surface area contributed by atoms with Gasteiger partial charge in [-0.15, -0.1) is 0 Å². The van der Waals surface area contributed by atoms with E-state index in [2.05, 4.69) is 9.88 Å². The van der Waals surface area contributed by atoms with Crippen molar-refractivity contribution in [1.82, 2.24) is 14.8 Å². The fourth-order valence-corrected chi connectivity index (χ4v) is 5.00. The van der Waals surface area contributed by atoms with Crippen LogP contribution in [0.3, 0.4) is 0 Å². The number of ether oxygens (including phenoxy) is 2.